The first-order valence-corrected chi connectivity index (χ1v) is 18.4. The molecule has 0 spiro atoms. The quantitative estimate of drug-likeness (QED) is 0.168. The number of aromatic nitrogens is 2. The summed E-state index contributed by atoms with van der Waals surface area (Å²) < 4.78 is 4.91. The largest absolute Gasteiger partial charge is 0.376 e. The van der Waals surface area contributed by atoms with E-state index in [9.17, 15) is 0 Å². The Kier molecular flexibility index (Phi) is 5.70. The van der Waals surface area contributed by atoms with Crippen LogP contribution in [-0.2, 0) is 6.42 Å². The summed E-state index contributed by atoms with van der Waals surface area (Å²) in [6.45, 7) is 0.0699. The number of nitrogens with zero attached hydrogens (tertiary/aromatic N) is 3. The fraction of sp³-hybridized carbons (Fsp3) is 0.0417. The van der Waals surface area contributed by atoms with Gasteiger partial charge < -0.3 is 13.9 Å². The number of allylic oxidation sites excluding steroid dienone is 1. The predicted octanol–water partition coefficient (Wildman–Crippen LogP) is 10.6. The molecule has 9 aromatic rings. The zero-order valence-corrected chi connectivity index (χ0v) is 28.5. The molecule has 0 atom stereocenters. The number of fused-ring (bicyclic) bond motifs is 17. The summed E-state index contributed by atoms with van der Waals surface area (Å²) in [4.78, 5) is 2.61. The lowest BCUT2D eigenvalue weighted by atomic mass is 9.43. The number of hydrogen-bond donors (Lipinski definition) is 0. The highest BCUT2D eigenvalue weighted by atomic mass is 15.1. The second-order valence-corrected chi connectivity index (χ2v) is 14.4. The third kappa shape index (κ3) is 3.71. The number of hydrogen-bond acceptors (Lipinski definition) is 1. The number of rotatable bonds is 2. The summed E-state index contributed by atoms with van der Waals surface area (Å²) in [6.07, 6.45) is 6.82. The number of para-hydroxylation sites is 3. The lowest BCUT2D eigenvalue weighted by Crippen LogP contribution is -2.59. The second-order valence-electron chi connectivity index (χ2n) is 14.4. The van der Waals surface area contributed by atoms with Crippen LogP contribution < -0.4 is 15.7 Å². The lowest BCUT2D eigenvalue weighted by Gasteiger charge is -2.43. The first-order chi connectivity index (χ1) is 25.8. The fourth-order valence-electron chi connectivity index (χ4n) is 9.66. The topological polar surface area (TPSA) is 13.1 Å². The van der Waals surface area contributed by atoms with Gasteiger partial charge in [0.1, 0.15) is 0 Å². The number of anilines is 2. The Balaban J connectivity index is 1.10. The van der Waals surface area contributed by atoms with E-state index in [0.29, 0.717) is 0 Å². The molecule has 52 heavy (non-hydrogen) atoms. The van der Waals surface area contributed by atoms with Crippen molar-refractivity contribution in [2.45, 2.75) is 12.8 Å². The van der Waals surface area contributed by atoms with Crippen molar-refractivity contribution in [1.82, 2.24) is 9.13 Å². The predicted molar refractivity (Wildman–Crippen MR) is 219 cm³/mol. The van der Waals surface area contributed by atoms with Crippen LogP contribution in [0.2, 0.25) is 0 Å². The molecule has 0 radical (unpaired) electrons. The van der Waals surface area contributed by atoms with Crippen LogP contribution in [0.15, 0.2) is 164 Å². The molecule has 0 unspecified atom stereocenters. The third-order valence-corrected chi connectivity index (χ3v) is 11.8. The van der Waals surface area contributed by atoms with E-state index in [4.69, 9.17) is 0 Å². The van der Waals surface area contributed by atoms with Gasteiger partial charge >= 0.3 is 6.85 Å². The molecular weight excluding hydrogens is 629 g/mol. The van der Waals surface area contributed by atoms with E-state index in [0.717, 1.165) is 12.8 Å². The van der Waals surface area contributed by atoms with Crippen LogP contribution in [0.3, 0.4) is 0 Å². The molecule has 4 heterocycles. The highest BCUT2D eigenvalue weighted by Crippen LogP contribution is 2.48. The van der Waals surface area contributed by atoms with Crippen LogP contribution in [0.25, 0.3) is 72.4 Å². The maximum Gasteiger partial charge on any atom is 0.329 e. The van der Waals surface area contributed by atoms with E-state index in [2.05, 4.69) is 184 Å². The first kappa shape index (κ1) is 28.2. The van der Waals surface area contributed by atoms with Crippen molar-refractivity contribution in [3.63, 3.8) is 0 Å². The van der Waals surface area contributed by atoms with Crippen LogP contribution in [0.1, 0.15) is 17.7 Å². The van der Waals surface area contributed by atoms with Crippen molar-refractivity contribution in [2.24, 2.45) is 0 Å². The number of aryl methyl sites for hydroxylation is 1. The Morgan fingerprint density at radius 1 is 0.442 bits per heavy atom. The molecule has 0 bridgehead atoms. The minimum absolute atomic E-state index is 0.0699. The Hall–Kier alpha value is -6.52. The molecule has 2 aliphatic heterocycles. The zero-order chi connectivity index (χ0) is 33.9. The average molecular weight is 662 g/mol. The minimum Gasteiger partial charge on any atom is -0.376 e. The van der Waals surface area contributed by atoms with Gasteiger partial charge in [0.15, 0.2) is 0 Å². The van der Waals surface area contributed by atoms with Gasteiger partial charge in [0.25, 0.3) is 0 Å². The van der Waals surface area contributed by atoms with E-state index < -0.39 is 0 Å². The normalized spacial score (nSPS) is 13.8. The van der Waals surface area contributed by atoms with Gasteiger partial charge in [-0.15, -0.1) is 0 Å². The van der Waals surface area contributed by atoms with Crippen LogP contribution in [0.5, 0.6) is 0 Å². The van der Waals surface area contributed by atoms with E-state index >= 15 is 0 Å². The maximum atomic E-state index is 2.61. The van der Waals surface area contributed by atoms with Crippen molar-refractivity contribution < 1.29 is 0 Å². The summed E-state index contributed by atoms with van der Waals surface area (Å²) in [5.41, 5.74) is 19.2. The van der Waals surface area contributed by atoms with Crippen LogP contribution >= 0.6 is 0 Å². The molecule has 0 saturated carbocycles. The molecule has 0 amide bonds. The molecule has 0 saturated heterocycles. The molecule has 2 aromatic heterocycles. The lowest BCUT2D eigenvalue weighted by molar-refractivity contribution is 0.967. The first-order valence-electron chi connectivity index (χ1n) is 18.4. The van der Waals surface area contributed by atoms with Gasteiger partial charge in [-0.05, 0) is 101 Å². The summed E-state index contributed by atoms with van der Waals surface area (Å²) >= 11 is 0. The van der Waals surface area contributed by atoms with Crippen LogP contribution in [-0.4, -0.2) is 16.0 Å². The van der Waals surface area contributed by atoms with E-state index in [-0.39, 0.29) is 6.85 Å². The summed E-state index contributed by atoms with van der Waals surface area (Å²) in [5, 5.41) is 3.92. The van der Waals surface area contributed by atoms with E-state index in [1.165, 1.54) is 99.9 Å². The van der Waals surface area contributed by atoms with Gasteiger partial charge in [-0.25, -0.2) is 0 Å². The number of benzene rings is 7. The Morgan fingerprint density at radius 2 is 0.942 bits per heavy atom. The third-order valence-electron chi connectivity index (χ3n) is 11.8. The molecule has 242 valence electrons. The summed E-state index contributed by atoms with van der Waals surface area (Å²) in [7, 11) is 0. The molecule has 3 nitrogen and oxygen atoms in total. The molecular formula is C48H32BN3. The molecule has 12 rings (SSSR count). The fourth-order valence-corrected chi connectivity index (χ4v) is 9.66. The van der Waals surface area contributed by atoms with Crippen molar-refractivity contribution in [2.75, 3.05) is 4.81 Å². The van der Waals surface area contributed by atoms with Crippen molar-refractivity contribution in [1.29, 1.82) is 0 Å². The highest BCUT2D eigenvalue weighted by molar-refractivity contribution is 6.92. The molecule has 3 aliphatic rings. The second kappa shape index (κ2) is 10.5. The van der Waals surface area contributed by atoms with Gasteiger partial charge in [-0.2, -0.15) is 0 Å². The van der Waals surface area contributed by atoms with Gasteiger partial charge in [0.05, 0.1) is 16.6 Å². The Bertz CT molecular complexity index is 2940. The molecule has 7 aromatic carbocycles. The van der Waals surface area contributed by atoms with Crippen molar-refractivity contribution in [3.05, 3.63) is 175 Å². The van der Waals surface area contributed by atoms with Crippen molar-refractivity contribution >= 4 is 67.9 Å². The van der Waals surface area contributed by atoms with E-state index in [1.54, 1.807) is 0 Å². The Morgan fingerprint density at radius 3 is 1.56 bits per heavy atom. The van der Waals surface area contributed by atoms with Gasteiger partial charge in [0, 0.05) is 55.7 Å². The molecule has 0 fully saturated rings. The molecule has 4 heteroatoms. The summed E-state index contributed by atoms with van der Waals surface area (Å²) in [6, 6.07) is 58.8. The Labute approximate surface area is 302 Å². The van der Waals surface area contributed by atoms with E-state index in [1.807, 2.05) is 0 Å². The smallest absolute Gasteiger partial charge is 0.329 e. The van der Waals surface area contributed by atoms with Gasteiger partial charge in [-0.3, -0.25) is 0 Å². The summed E-state index contributed by atoms with van der Waals surface area (Å²) in [5.74, 6) is 0. The SMILES string of the molecule is C1=Cc2c(c3ccccc3n2-c2ccc3c(c2)-c2ccccc2B2c4ccccc4-c4cc(-n5c6ccccc6c6ccccc65)ccc4N23)CC1. The van der Waals surface area contributed by atoms with Gasteiger partial charge in [0.2, 0.25) is 0 Å². The molecule has 1 aliphatic carbocycles. The highest BCUT2D eigenvalue weighted by Gasteiger charge is 2.42. The van der Waals surface area contributed by atoms with Crippen molar-refractivity contribution in [3.8, 4) is 33.6 Å². The van der Waals surface area contributed by atoms with Gasteiger partial charge in [-0.1, -0.05) is 109 Å². The molecule has 0 N–H and O–H groups in total. The van der Waals surface area contributed by atoms with Crippen LogP contribution in [0, 0.1) is 0 Å². The maximum absolute atomic E-state index is 2.61. The zero-order valence-electron chi connectivity index (χ0n) is 28.5. The van der Waals surface area contributed by atoms with Crippen LogP contribution in [0.4, 0.5) is 11.4 Å². The monoisotopic (exact) mass is 661 g/mol. The standard InChI is InChI=1S/C48H32BN3/c1-7-19-41-33(13-1)39-29-31(50-43-21-9-3-15-35(43)36-16-4-10-22-44(36)50)25-27-47(39)52-48-28-26-32(30-40(48)34-14-2-8-20-42(34)49(41)52)51-45-23-11-5-17-37(45)38-18-6-12-24-46(38)51/h1-5,7-17,19-30H,6,18H2. The average Bonchev–Trinajstić information content (AvgIpc) is 3.73. The minimum atomic E-state index is 0.0699.